The van der Waals surface area contributed by atoms with E-state index in [9.17, 15) is 9.59 Å². The average molecular weight is 204 g/mol. The predicted octanol–water partition coefficient (Wildman–Crippen LogP) is 2.79. The van der Waals surface area contributed by atoms with Crippen LogP contribution in [0.5, 0.6) is 0 Å². The number of benzene rings is 1. The Bertz CT molecular complexity index is 380. The van der Waals surface area contributed by atoms with Gasteiger partial charge in [0.25, 0.3) is 0 Å². The first-order valence-corrected chi connectivity index (χ1v) is 5.19. The molecule has 1 rings (SSSR count). The molecule has 0 aliphatic carbocycles. The fraction of sp³-hybridized carbons (Fsp3) is 0.385. The minimum absolute atomic E-state index is 0.00139. The molecule has 0 aliphatic heterocycles. The SMILES string of the molecule is CCC(=O)C(C)C(=O)c1cccc(C)c1. The van der Waals surface area contributed by atoms with Crippen molar-refractivity contribution in [2.24, 2.45) is 5.92 Å². The molecule has 1 aromatic carbocycles. The van der Waals surface area contributed by atoms with E-state index in [4.69, 9.17) is 0 Å². The second-order valence-corrected chi connectivity index (χ2v) is 3.78. The third kappa shape index (κ3) is 2.75. The van der Waals surface area contributed by atoms with Crippen LogP contribution in [0.3, 0.4) is 0 Å². The molecule has 0 radical (unpaired) electrons. The lowest BCUT2D eigenvalue weighted by Gasteiger charge is -2.08. The van der Waals surface area contributed by atoms with Gasteiger partial charge in [0.1, 0.15) is 5.78 Å². The molecule has 15 heavy (non-hydrogen) atoms. The van der Waals surface area contributed by atoms with E-state index in [1.165, 1.54) is 0 Å². The lowest BCUT2D eigenvalue weighted by atomic mass is 9.93. The van der Waals surface area contributed by atoms with Gasteiger partial charge in [-0.05, 0) is 19.9 Å². The van der Waals surface area contributed by atoms with Crippen molar-refractivity contribution in [3.05, 3.63) is 35.4 Å². The van der Waals surface area contributed by atoms with Gasteiger partial charge in [-0.2, -0.15) is 0 Å². The van der Waals surface area contributed by atoms with Gasteiger partial charge in [-0.3, -0.25) is 9.59 Å². The quantitative estimate of drug-likeness (QED) is 0.558. The molecule has 0 saturated heterocycles. The van der Waals surface area contributed by atoms with E-state index in [1.54, 1.807) is 19.9 Å². The van der Waals surface area contributed by atoms with Crippen LogP contribution in [0.15, 0.2) is 24.3 Å². The maximum Gasteiger partial charge on any atom is 0.173 e. The van der Waals surface area contributed by atoms with E-state index in [0.717, 1.165) is 5.56 Å². The van der Waals surface area contributed by atoms with Gasteiger partial charge in [0.2, 0.25) is 0 Å². The highest BCUT2D eigenvalue weighted by Crippen LogP contribution is 2.12. The van der Waals surface area contributed by atoms with Crippen LogP contribution >= 0.6 is 0 Å². The van der Waals surface area contributed by atoms with Crippen molar-refractivity contribution in [2.45, 2.75) is 27.2 Å². The highest BCUT2D eigenvalue weighted by atomic mass is 16.1. The summed E-state index contributed by atoms with van der Waals surface area (Å²) in [5.74, 6) is -0.594. The maximum absolute atomic E-state index is 11.9. The van der Waals surface area contributed by atoms with Gasteiger partial charge < -0.3 is 0 Å². The van der Waals surface area contributed by atoms with E-state index in [1.807, 2.05) is 25.1 Å². The number of carbonyl (C=O) groups is 2. The molecule has 0 aromatic heterocycles. The average Bonchev–Trinajstić information content (AvgIpc) is 2.26. The maximum atomic E-state index is 11.9. The molecule has 0 heterocycles. The summed E-state index contributed by atoms with van der Waals surface area (Å²) >= 11 is 0. The fourth-order valence-corrected chi connectivity index (χ4v) is 1.50. The van der Waals surface area contributed by atoms with Crippen LogP contribution in [-0.2, 0) is 4.79 Å². The van der Waals surface area contributed by atoms with Crippen LogP contribution in [0.2, 0.25) is 0 Å². The number of aryl methyl sites for hydroxylation is 1. The summed E-state index contributed by atoms with van der Waals surface area (Å²) in [7, 11) is 0. The Morgan fingerprint density at radius 3 is 2.53 bits per heavy atom. The van der Waals surface area contributed by atoms with E-state index < -0.39 is 5.92 Å². The molecular formula is C13H16O2. The van der Waals surface area contributed by atoms with Crippen molar-refractivity contribution in [3.63, 3.8) is 0 Å². The van der Waals surface area contributed by atoms with E-state index in [2.05, 4.69) is 0 Å². The Kier molecular flexibility index (Phi) is 3.78. The molecule has 0 amide bonds. The molecule has 1 aromatic rings. The summed E-state index contributed by atoms with van der Waals surface area (Å²) in [4.78, 5) is 23.3. The molecule has 1 unspecified atom stereocenters. The normalized spacial score (nSPS) is 12.2. The Morgan fingerprint density at radius 1 is 1.33 bits per heavy atom. The molecule has 0 N–H and O–H groups in total. The molecule has 2 nitrogen and oxygen atoms in total. The Hall–Kier alpha value is -1.44. The zero-order valence-electron chi connectivity index (χ0n) is 9.41. The van der Waals surface area contributed by atoms with Gasteiger partial charge in [-0.25, -0.2) is 0 Å². The van der Waals surface area contributed by atoms with Crippen molar-refractivity contribution in [2.75, 3.05) is 0 Å². The zero-order valence-corrected chi connectivity index (χ0v) is 9.41. The lowest BCUT2D eigenvalue weighted by Crippen LogP contribution is -2.20. The molecule has 0 spiro atoms. The standard InChI is InChI=1S/C13H16O2/c1-4-12(14)10(3)13(15)11-7-5-6-9(2)8-11/h5-8,10H,4H2,1-3H3. The Balaban J connectivity index is 2.90. The van der Waals surface area contributed by atoms with Crippen LogP contribution in [0, 0.1) is 12.8 Å². The van der Waals surface area contributed by atoms with E-state index in [0.29, 0.717) is 12.0 Å². The van der Waals surface area contributed by atoms with Gasteiger partial charge in [0.05, 0.1) is 5.92 Å². The zero-order chi connectivity index (χ0) is 11.4. The van der Waals surface area contributed by atoms with Gasteiger partial charge in [-0.1, -0.05) is 30.7 Å². The van der Waals surface area contributed by atoms with Crippen LogP contribution in [0.4, 0.5) is 0 Å². The highest BCUT2D eigenvalue weighted by Gasteiger charge is 2.20. The molecule has 0 bridgehead atoms. The number of ketones is 2. The number of carbonyl (C=O) groups excluding carboxylic acids is 2. The van der Waals surface area contributed by atoms with Gasteiger partial charge in [0, 0.05) is 12.0 Å². The summed E-state index contributed by atoms with van der Waals surface area (Å²) < 4.78 is 0. The summed E-state index contributed by atoms with van der Waals surface area (Å²) in [6, 6.07) is 7.35. The lowest BCUT2D eigenvalue weighted by molar-refractivity contribution is -0.120. The summed E-state index contributed by atoms with van der Waals surface area (Å²) in [5, 5.41) is 0. The van der Waals surface area contributed by atoms with Crippen LogP contribution in [-0.4, -0.2) is 11.6 Å². The van der Waals surface area contributed by atoms with Crippen molar-refractivity contribution >= 4 is 11.6 Å². The molecule has 0 fully saturated rings. The van der Waals surface area contributed by atoms with Crippen LogP contribution < -0.4 is 0 Å². The van der Waals surface area contributed by atoms with Gasteiger partial charge in [-0.15, -0.1) is 0 Å². The monoisotopic (exact) mass is 204 g/mol. The fourth-order valence-electron chi connectivity index (χ4n) is 1.50. The number of rotatable bonds is 4. The minimum Gasteiger partial charge on any atom is -0.299 e. The molecule has 0 aliphatic rings. The number of Topliss-reactive ketones (excluding diaryl/α,β-unsaturated/α-hetero) is 2. The first-order chi connectivity index (χ1) is 7.06. The van der Waals surface area contributed by atoms with Crippen molar-refractivity contribution in [1.82, 2.24) is 0 Å². The Morgan fingerprint density at radius 2 is 2.00 bits per heavy atom. The minimum atomic E-state index is -0.517. The highest BCUT2D eigenvalue weighted by molar-refractivity contribution is 6.10. The third-order valence-electron chi connectivity index (χ3n) is 2.53. The molecule has 2 heteroatoms. The van der Waals surface area contributed by atoms with Crippen LogP contribution in [0.1, 0.15) is 36.2 Å². The Labute approximate surface area is 90.3 Å². The third-order valence-corrected chi connectivity index (χ3v) is 2.53. The summed E-state index contributed by atoms with van der Waals surface area (Å²) in [6.45, 7) is 5.39. The number of hydrogen-bond donors (Lipinski definition) is 0. The summed E-state index contributed by atoms with van der Waals surface area (Å²) in [5.41, 5.74) is 1.67. The van der Waals surface area contributed by atoms with Gasteiger partial charge >= 0.3 is 0 Å². The van der Waals surface area contributed by atoms with Crippen molar-refractivity contribution < 1.29 is 9.59 Å². The molecule has 1 atom stereocenters. The van der Waals surface area contributed by atoms with E-state index in [-0.39, 0.29) is 11.6 Å². The van der Waals surface area contributed by atoms with E-state index >= 15 is 0 Å². The smallest absolute Gasteiger partial charge is 0.173 e. The second-order valence-electron chi connectivity index (χ2n) is 3.78. The second kappa shape index (κ2) is 4.87. The summed E-state index contributed by atoms with van der Waals surface area (Å²) in [6.07, 6.45) is 0.415. The molecule has 80 valence electrons. The van der Waals surface area contributed by atoms with Gasteiger partial charge in [0.15, 0.2) is 5.78 Å². The first-order valence-electron chi connectivity index (χ1n) is 5.19. The first kappa shape index (κ1) is 11.6. The number of hydrogen-bond acceptors (Lipinski definition) is 2. The van der Waals surface area contributed by atoms with Crippen molar-refractivity contribution in [1.29, 1.82) is 0 Å². The molecule has 0 saturated carbocycles. The predicted molar refractivity (Wildman–Crippen MR) is 60.0 cm³/mol. The topological polar surface area (TPSA) is 34.1 Å². The molecular weight excluding hydrogens is 188 g/mol. The van der Waals surface area contributed by atoms with Crippen LogP contribution in [0.25, 0.3) is 0 Å². The van der Waals surface area contributed by atoms with Crippen molar-refractivity contribution in [3.8, 4) is 0 Å². The largest absolute Gasteiger partial charge is 0.299 e.